The Morgan fingerprint density at radius 2 is 2.44 bits per heavy atom. The van der Waals surface area contributed by atoms with Crippen LogP contribution in [0.25, 0.3) is 0 Å². The van der Waals surface area contributed by atoms with Crippen LogP contribution in [0, 0.1) is 5.92 Å². The third-order valence-corrected chi connectivity index (χ3v) is 2.92. The molecule has 1 aromatic heterocycles. The minimum Gasteiger partial charge on any atom is -0.397 e. The predicted octanol–water partition coefficient (Wildman–Crippen LogP) is 0.662. The van der Waals surface area contributed by atoms with E-state index in [0.29, 0.717) is 24.3 Å². The van der Waals surface area contributed by atoms with E-state index < -0.39 is 0 Å². The van der Waals surface area contributed by atoms with Crippen molar-refractivity contribution < 1.29 is 9.90 Å². The number of nitrogen functional groups attached to an aromatic ring is 1. The first-order valence-electron chi connectivity index (χ1n) is 4.94. The topological polar surface area (TPSA) is 79.4 Å². The van der Waals surface area contributed by atoms with E-state index in [1.165, 1.54) is 11.1 Å². The van der Waals surface area contributed by atoms with Crippen LogP contribution in [0.2, 0.25) is 5.15 Å². The van der Waals surface area contributed by atoms with Gasteiger partial charge in [0.1, 0.15) is 5.69 Å². The highest BCUT2D eigenvalue weighted by Crippen LogP contribution is 2.34. The molecule has 0 aliphatic carbocycles. The number of pyridine rings is 1. The number of anilines is 2. The van der Waals surface area contributed by atoms with E-state index >= 15 is 0 Å². The first kappa shape index (κ1) is 11.2. The molecule has 0 spiro atoms. The van der Waals surface area contributed by atoms with Gasteiger partial charge in [-0.25, -0.2) is 4.98 Å². The molecule has 0 radical (unpaired) electrons. The summed E-state index contributed by atoms with van der Waals surface area (Å²) in [6.45, 7) is 0.422. The van der Waals surface area contributed by atoms with Crippen LogP contribution < -0.4 is 10.6 Å². The molecule has 1 fully saturated rings. The van der Waals surface area contributed by atoms with Crippen molar-refractivity contribution in [3.8, 4) is 0 Å². The van der Waals surface area contributed by atoms with Crippen molar-refractivity contribution in [3.63, 3.8) is 0 Å². The molecule has 2 heterocycles. The molecule has 86 valence electrons. The summed E-state index contributed by atoms with van der Waals surface area (Å²) in [5.41, 5.74) is 6.64. The lowest BCUT2D eigenvalue weighted by atomic mass is 10.1. The average molecular weight is 242 g/mol. The normalized spacial score (nSPS) is 20.5. The van der Waals surface area contributed by atoms with Crippen molar-refractivity contribution in [3.05, 3.63) is 17.4 Å². The van der Waals surface area contributed by atoms with Gasteiger partial charge in [0.15, 0.2) is 5.15 Å². The largest absolute Gasteiger partial charge is 0.397 e. The van der Waals surface area contributed by atoms with Crippen LogP contribution in [-0.4, -0.2) is 29.1 Å². The summed E-state index contributed by atoms with van der Waals surface area (Å²) in [5.74, 6) is -0.135. The van der Waals surface area contributed by atoms with Crippen molar-refractivity contribution in [2.75, 3.05) is 23.8 Å². The number of aliphatic hydroxyl groups is 1. The Kier molecular flexibility index (Phi) is 2.98. The van der Waals surface area contributed by atoms with Crippen LogP contribution >= 0.6 is 11.6 Å². The molecule has 16 heavy (non-hydrogen) atoms. The highest BCUT2D eigenvalue weighted by atomic mass is 35.5. The predicted molar refractivity (Wildman–Crippen MR) is 61.2 cm³/mol. The minimum atomic E-state index is -0.0827. The molecule has 3 N–H and O–H groups in total. The third-order valence-electron chi connectivity index (χ3n) is 2.64. The number of amides is 1. The number of carbonyl (C=O) groups excluding carboxylic acids is 1. The number of hydrogen-bond donors (Lipinski definition) is 2. The van der Waals surface area contributed by atoms with Crippen molar-refractivity contribution in [1.29, 1.82) is 0 Å². The minimum absolute atomic E-state index is 0.0139. The lowest BCUT2D eigenvalue weighted by Crippen LogP contribution is -2.26. The average Bonchev–Trinajstić information content (AvgIpc) is 2.60. The van der Waals surface area contributed by atoms with Crippen molar-refractivity contribution in [2.45, 2.75) is 6.42 Å². The Morgan fingerprint density at radius 1 is 1.69 bits per heavy atom. The van der Waals surface area contributed by atoms with Crippen LogP contribution in [0.4, 0.5) is 11.4 Å². The molecule has 1 unspecified atom stereocenters. The number of halogens is 1. The maximum atomic E-state index is 11.7. The second-order valence-corrected chi connectivity index (χ2v) is 4.15. The third kappa shape index (κ3) is 1.83. The Bertz CT molecular complexity index is 404. The zero-order valence-corrected chi connectivity index (χ0v) is 9.31. The molecule has 0 saturated carbocycles. The van der Waals surface area contributed by atoms with Gasteiger partial charge in [-0.3, -0.25) is 4.79 Å². The van der Waals surface area contributed by atoms with Gasteiger partial charge in [0.05, 0.1) is 5.69 Å². The monoisotopic (exact) mass is 241 g/mol. The fourth-order valence-electron chi connectivity index (χ4n) is 1.83. The second kappa shape index (κ2) is 4.27. The Hall–Kier alpha value is -1.33. The molecule has 6 heteroatoms. The van der Waals surface area contributed by atoms with E-state index in [1.54, 1.807) is 6.07 Å². The Labute approximate surface area is 97.8 Å². The zero-order valence-electron chi connectivity index (χ0n) is 8.56. The summed E-state index contributed by atoms with van der Waals surface area (Å²) >= 11 is 5.92. The number of nitrogens with zero attached hydrogens (tertiary/aromatic N) is 2. The van der Waals surface area contributed by atoms with Crippen molar-refractivity contribution >= 4 is 28.9 Å². The molecule has 0 bridgehead atoms. The molecule has 1 atom stereocenters. The van der Waals surface area contributed by atoms with E-state index in [0.717, 1.165) is 0 Å². The van der Waals surface area contributed by atoms with Gasteiger partial charge in [-0.1, -0.05) is 11.6 Å². The lowest BCUT2D eigenvalue weighted by Gasteiger charge is -2.19. The summed E-state index contributed by atoms with van der Waals surface area (Å²) in [7, 11) is 0. The summed E-state index contributed by atoms with van der Waals surface area (Å²) in [5, 5.41) is 9.24. The van der Waals surface area contributed by atoms with Crippen LogP contribution in [0.1, 0.15) is 6.42 Å². The number of nitrogens with two attached hydrogens (primary N) is 1. The van der Waals surface area contributed by atoms with Gasteiger partial charge in [-0.05, 0) is 6.07 Å². The molecule has 1 aliphatic rings. The molecule has 1 amide bonds. The van der Waals surface area contributed by atoms with E-state index in [4.69, 9.17) is 22.4 Å². The fourth-order valence-corrected chi connectivity index (χ4v) is 2.10. The van der Waals surface area contributed by atoms with Gasteiger partial charge in [0, 0.05) is 31.7 Å². The highest BCUT2D eigenvalue weighted by molar-refractivity contribution is 6.33. The molecule has 0 aromatic carbocycles. The number of aromatic nitrogens is 1. The Balaban J connectivity index is 2.35. The standard InChI is InChI=1S/C10H12ClN3O2/c11-10-9(7(12)1-2-13-10)14-4-6(5-15)3-8(14)16/h1-2,6,15H,3-5H2,(H2,12,13). The quantitative estimate of drug-likeness (QED) is 0.746. The van der Waals surface area contributed by atoms with E-state index in [1.807, 2.05) is 0 Å². The SMILES string of the molecule is Nc1ccnc(Cl)c1N1CC(CO)CC1=O. The van der Waals surface area contributed by atoms with Gasteiger partial charge >= 0.3 is 0 Å². The highest BCUT2D eigenvalue weighted by Gasteiger charge is 2.32. The van der Waals surface area contributed by atoms with E-state index in [-0.39, 0.29) is 23.6 Å². The number of aliphatic hydroxyl groups excluding tert-OH is 1. The lowest BCUT2D eigenvalue weighted by molar-refractivity contribution is -0.117. The first-order chi connectivity index (χ1) is 7.63. The maximum absolute atomic E-state index is 11.7. The van der Waals surface area contributed by atoms with Gasteiger partial charge < -0.3 is 15.7 Å². The van der Waals surface area contributed by atoms with Crippen LogP contribution in [0.5, 0.6) is 0 Å². The molecular formula is C10H12ClN3O2. The molecule has 2 rings (SSSR count). The Morgan fingerprint density at radius 3 is 3.00 bits per heavy atom. The van der Waals surface area contributed by atoms with Gasteiger partial charge in [0.2, 0.25) is 5.91 Å². The molecule has 1 saturated heterocycles. The van der Waals surface area contributed by atoms with Crippen molar-refractivity contribution in [2.24, 2.45) is 5.92 Å². The van der Waals surface area contributed by atoms with Crippen LogP contribution in [0.3, 0.4) is 0 Å². The number of hydrogen-bond acceptors (Lipinski definition) is 4. The molecule has 1 aliphatic heterocycles. The number of rotatable bonds is 2. The van der Waals surface area contributed by atoms with Gasteiger partial charge in [-0.15, -0.1) is 0 Å². The van der Waals surface area contributed by atoms with Crippen LogP contribution in [0.15, 0.2) is 12.3 Å². The molecule has 5 nitrogen and oxygen atoms in total. The first-order valence-corrected chi connectivity index (χ1v) is 5.32. The van der Waals surface area contributed by atoms with E-state index in [9.17, 15) is 4.79 Å². The summed E-state index contributed by atoms with van der Waals surface area (Å²) in [6, 6.07) is 1.60. The smallest absolute Gasteiger partial charge is 0.227 e. The maximum Gasteiger partial charge on any atom is 0.227 e. The van der Waals surface area contributed by atoms with Crippen LogP contribution in [-0.2, 0) is 4.79 Å². The van der Waals surface area contributed by atoms with Crippen molar-refractivity contribution in [1.82, 2.24) is 4.98 Å². The second-order valence-electron chi connectivity index (χ2n) is 3.80. The summed E-state index contributed by atoms with van der Waals surface area (Å²) < 4.78 is 0. The fraction of sp³-hybridized carbons (Fsp3) is 0.400. The van der Waals surface area contributed by atoms with Gasteiger partial charge in [0.25, 0.3) is 0 Å². The zero-order chi connectivity index (χ0) is 11.7. The number of carbonyl (C=O) groups is 1. The molecular weight excluding hydrogens is 230 g/mol. The molecule has 1 aromatic rings. The van der Waals surface area contributed by atoms with E-state index in [2.05, 4.69) is 4.98 Å². The summed E-state index contributed by atoms with van der Waals surface area (Å²) in [6.07, 6.45) is 1.81. The summed E-state index contributed by atoms with van der Waals surface area (Å²) in [4.78, 5) is 17.1. The van der Waals surface area contributed by atoms with Gasteiger partial charge in [-0.2, -0.15) is 0 Å².